The summed E-state index contributed by atoms with van der Waals surface area (Å²) in [6.45, 7) is 0. The van der Waals surface area contributed by atoms with Crippen LogP contribution in [0, 0.1) is 0 Å². The topological polar surface area (TPSA) is 42.6 Å². The quantitative estimate of drug-likeness (QED) is 0.109. The van der Waals surface area contributed by atoms with Crippen molar-refractivity contribution in [1.29, 1.82) is 0 Å². The third-order valence-electron chi connectivity index (χ3n) is 23.8. The van der Waals surface area contributed by atoms with E-state index in [1.54, 1.807) is 0 Å². The van der Waals surface area contributed by atoms with E-state index >= 15 is 0 Å². The predicted molar refractivity (Wildman–Crippen MR) is 487 cm³/mol. The van der Waals surface area contributed by atoms with Gasteiger partial charge in [0.05, 0.1) is 22.1 Å². The van der Waals surface area contributed by atoms with E-state index in [9.17, 15) is 0 Å². The Morgan fingerprint density at radius 3 is 0.905 bits per heavy atom. The molecular formula is C110H70N4O2. The first-order chi connectivity index (χ1) is 57.5. The number of aromatic nitrogens is 2. The van der Waals surface area contributed by atoms with Gasteiger partial charge in [0.25, 0.3) is 0 Å². The number of nitrogens with zero attached hydrogens (tertiary/aromatic N) is 4. The van der Waals surface area contributed by atoms with Gasteiger partial charge in [0, 0.05) is 88.6 Å². The summed E-state index contributed by atoms with van der Waals surface area (Å²) in [5.74, 6) is 0. The van der Waals surface area contributed by atoms with Crippen LogP contribution in [0.5, 0.6) is 0 Å². The van der Waals surface area contributed by atoms with Gasteiger partial charge in [0.1, 0.15) is 22.3 Å². The fourth-order valence-electron chi connectivity index (χ4n) is 18.2. The molecule has 4 heterocycles. The number of para-hydroxylation sites is 5. The molecule has 0 aliphatic rings. The molecule has 0 atom stereocenters. The van der Waals surface area contributed by atoms with Crippen LogP contribution in [0.15, 0.2) is 433 Å². The number of anilines is 6. The molecule has 6 heteroatoms. The number of benzene rings is 19. The lowest BCUT2D eigenvalue weighted by molar-refractivity contribution is 0.668. The smallest absolute Gasteiger partial charge is 0.136 e. The minimum absolute atomic E-state index is 0.850. The van der Waals surface area contributed by atoms with Crippen molar-refractivity contribution in [1.82, 2.24) is 9.13 Å². The maximum atomic E-state index is 6.78. The third-order valence-corrected chi connectivity index (χ3v) is 23.8. The van der Waals surface area contributed by atoms with E-state index in [1.807, 2.05) is 12.1 Å². The summed E-state index contributed by atoms with van der Waals surface area (Å²) in [5, 5.41) is 14.2. The van der Waals surface area contributed by atoms with Crippen LogP contribution in [-0.2, 0) is 0 Å². The highest BCUT2D eigenvalue weighted by Crippen LogP contribution is 2.46. The molecule has 0 fully saturated rings. The van der Waals surface area contributed by atoms with Crippen LogP contribution in [-0.4, -0.2) is 9.13 Å². The summed E-state index contributed by atoms with van der Waals surface area (Å²) in [4.78, 5) is 4.72. The zero-order valence-electron chi connectivity index (χ0n) is 63.0. The molecule has 0 saturated heterocycles. The molecule has 0 N–H and O–H groups in total. The summed E-state index contributed by atoms with van der Waals surface area (Å²) in [6.07, 6.45) is 0. The molecule has 0 aliphatic heterocycles. The Morgan fingerprint density at radius 1 is 0.164 bits per heavy atom. The first-order valence-corrected chi connectivity index (χ1v) is 39.7. The molecule has 4 aromatic heterocycles. The van der Waals surface area contributed by atoms with Crippen molar-refractivity contribution in [2.24, 2.45) is 0 Å². The molecule has 116 heavy (non-hydrogen) atoms. The highest BCUT2D eigenvalue weighted by atomic mass is 16.3. The number of fused-ring (bicyclic) bond motifs is 14. The average molecular weight is 1480 g/mol. The summed E-state index contributed by atoms with van der Waals surface area (Å²) in [7, 11) is 0. The fourth-order valence-corrected chi connectivity index (χ4v) is 18.2. The second kappa shape index (κ2) is 27.2. The van der Waals surface area contributed by atoms with Gasteiger partial charge in [0.15, 0.2) is 0 Å². The zero-order valence-corrected chi connectivity index (χ0v) is 63.0. The second-order valence-corrected chi connectivity index (χ2v) is 30.3. The van der Waals surface area contributed by atoms with Crippen LogP contribution >= 0.6 is 0 Å². The largest absolute Gasteiger partial charge is 0.456 e. The lowest BCUT2D eigenvalue weighted by Crippen LogP contribution is -2.10. The molecule has 0 amide bonds. The maximum Gasteiger partial charge on any atom is 0.136 e. The summed E-state index contributed by atoms with van der Waals surface area (Å²) in [5.41, 5.74) is 30.6. The van der Waals surface area contributed by atoms with Crippen molar-refractivity contribution in [3.63, 3.8) is 0 Å². The second-order valence-electron chi connectivity index (χ2n) is 30.3. The SMILES string of the molecule is c1ccc2c(-c3ccc(N(c4ccc(-c5ccc(-n6c7ccccc7c7ccccc76)cc5)cc4)c4ccc(-c5ccc6oc7cc(-c8cccc9c(-c%10ccc(N(c%11ccc(-c%12ccc%13oc%14ccccc%14c%13c%12)cc%11)c%11ccc(-n%12c%13ccccc%13c%13ccccc%13%12)cc%11)cc%10)cccc89)ccc7c6c5)cc4)cc3)cccc2c1. The number of furan rings is 2. The van der Waals surface area contributed by atoms with E-state index in [0.29, 0.717) is 0 Å². The minimum atomic E-state index is 0.850. The Bertz CT molecular complexity index is 7670. The molecule has 23 aromatic rings. The van der Waals surface area contributed by atoms with Crippen molar-refractivity contribution >= 4 is 143 Å². The minimum Gasteiger partial charge on any atom is -0.456 e. The summed E-state index contributed by atoms with van der Waals surface area (Å²) in [6, 6.07) is 154. The van der Waals surface area contributed by atoms with E-state index in [4.69, 9.17) is 8.83 Å². The maximum absolute atomic E-state index is 6.78. The lowest BCUT2D eigenvalue weighted by atomic mass is 9.92. The van der Waals surface area contributed by atoms with Crippen LogP contribution in [0.3, 0.4) is 0 Å². The van der Waals surface area contributed by atoms with Crippen molar-refractivity contribution in [3.8, 4) is 78.1 Å². The molecule has 0 aliphatic carbocycles. The van der Waals surface area contributed by atoms with Gasteiger partial charge < -0.3 is 27.8 Å². The predicted octanol–water partition coefficient (Wildman–Crippen LogP) is 30.9. The van der Waals surface area contributed by atoms with E-state index in [0.717, 1.165) is 145 Å². The lowest BCUT2D eigenvalue weighted by Gasteiger charge is -2.26. The third kappa shape index (κ3) is 11.2. The highest BCUT2D eigenvalue weighted by molar-refractivity contribution is 6.13. The molecule has 0 spiro atoms. The van der Waals surface area contributed by atoms with E-state index in [-0.39, 0.29) is 0 Å². The fraction of sp³-hybridized carbons (Fsp3) is 0. The molecule has 542 valence electrons. The first kappa shape index (κ1) is 66.3. The summed E-state index contributed by atoms with van der Waals surface area (Å²) >= 11 is 0. The molecule has 0 unspecified atom stereocenters. The van der Waals surface area contributed by atoms with Gasteiger partial charge in [0.2, 0.25) is 0 Å². The Kier molecular flexibility index (Phi) is 15.5. The Labute approximate surface area is 669 Å². The van der Waals surface area contributed by atoms with E-state index in [2.05, 4.69) is 431 Å². The normalized spacial score (nSPS) is 11.8. The van der Waals surface area contributed by atoms with Crippen LogP contribution in [0.1, 0.15) is 0 Å². The van der Waals surface area contributed by atoms with Crippen LogP contribution < -0.4 is 9.80 Å². The molecule has 19 aromatic carbocycles. The number of rotatable bonds is 14. The van der Waals surface area contributed by atoms with Crippen molar-refractivity contribution < 1.29 is 8.83 Å². The summed E-state index contributed by atoms with van der Waals surface area (Å²) < 4.78 is 17.8. The molecule has 0 saturated carbocycles. The monoisotopic (exact) mass is 1480 g/mol. The van der Waals surface area contributed by atoms with Gasteiger partial charge in [-0.05, 0) is 252 Å². The first-order valence-electron chi connectivity index (χ1n) is 39.7. The number of hydrogen-bond acceptors (Lipinski definition) is 4. The Balaban J connectivity index is 0.541. The molecule has 23 rings (SSSR count). The van der Waals surface area contributed by atoms with Crippen LogP contribution in [0.25, 0.3) is 187 Å². The molecule has 0 bridgehead atoms. The van der Waals surface area contributed by atoms with E-state index < -0.39 is 0 Å². The Hall–Kier alpha value is -15.5. The van der Waals surface area contributed by atoms with Crippen LogP contribution in [0.4, 0.5) is 34.1 Å². The molecule has 6 nitrogen and oxygen atoms in total. The van der Waals surface area contributed by atoms with Crippen molar-refractivity contribution in [2.75, 3.05) is 9.80 Å². The standard InChI is InChI=1S/C110H70N4O2/c1-2-18-89-75(16-1)17-13-24-90(89)76-42-57-84(58-43-76)111(81-49-34-71(35-50-81)72-36-55-87(56-37-72)113-103-29-8-3-19-95(103)96-20-4-9-30-104(96)113)82-51-38-74(39-52-82)79-48-67-109-102(69-79)100-65-46-80(70-110(100)116-109)92-26-15-27-93-91(25-14-28-94(92)93)77-44-59-85(60-45-77)112(83-53-40-73(41-54-83)78-47-66-108-101(68-78)99-23-7-12-33-107(99)115-108)86-61-63-88(64-62-86)114-105-31-10-5-21-97(105)98-22-6-11-32-106(98)114/h1-70H. The highest BCUT2D eigenvalue weighted by Gasteiger charge is 2.22. The average Bonchev–Trinajstić information content (AvgIpc) is 1.59. The van der Waals surface area contributed by atoms with Gasteiger partial charge in [-0.15, -0.1) is 0 Å². The molecular weight excluding hydrogens is 1410 g/mol. The van der Waals surface area contributed by atoms with Crippen molar-refractivity contribution in [3.05, 3.63) is 425 Å². The molecule has 0 radical (unpaired) electrons. The van der Waals surface area contributed by atoms with Gasteiger partial charge in [-0.25, -0.2) is 0 Å². The van der Waals surface area contributed by atoms with Gasteiger partial charge >= 0.3 is 0 Å². The van der Waals surface area contributed by atoms with Gasteiger partial charge in [-0.3, -0.25) is 0 Å². The van der Waals surface area contributed by atoms with Crippen molar-refractivity contribution in [2.45, 2.75) is 0 Å². The van der Waals surface area contributed by atoms with Gasteiger partial charge in [-0.2, -0.15) is 0 Å². The van der Waals surface area contributed by atoms with E-state index in [1.165, 1.54) is 76.3 Å². The number of hydrogen-bond donors (Lipinski definition) is 0. The zero-order chi connectivity index (χ0) is 76.3. The van der Waals surface area contributed by atoms with Gasteiger partial charge in [-0.1, -0.05) is 261 Å². The van der Waals surface area contributed by atoms with Crippen LogP contribution in [0.2, 0.25) is 0 Å². The Morgan fingerprint density at radius 2 is 0.448 bits per heavy atom.